The van der Waals surface area contributed by atoms with Gasteiger partial charge in [-0.2, -0.15) is 0 Å². The number of halogens is 1. The summed E-state index contributed by atoms with van der Waals surface area (Å²) in [5.41, 5.74) is 0.813. The van der Waals surface area contributed by atoms with Crippen molar-refractivity contribution < 1.29 is 4.52 Å². The Hall–Kier alpha value is -0.500. The Morgan fingerprint density at radius 3 is 2.89 bits per heavy atom. The molecule has 2 nitrogen and oxygen atoms in total. The number of rotatable bonds is 2. The van der Waals surface area contributed by atoms with Crippen LogP contribution in [-0.2, 0) is 12.3 Å². The van der Waals surface area contributed by atoms with Crippen molar-refractivity contribution in [2.75, 3.05) is 0 Å². The molecule has 3 heteroatoms. The van der Waals surface area contributed by atoms with Crippen LogP contribution in [-0.4, -0.2) is 5.16 Å². The maximum Gasteiger partial charge on any atom is 0.136 e. The molecule has 1 heterocycles. The molecule has 0 aliphatic heterocycles. The first-order valence-electron chi connectivity index (χ1n) is 2.87. The van der Waals surface area contributed by atoms with Gasteiger partial charge in [-0.1, -0.05) is 12.1 Å². The van der Waals surface area contributed by atoms with Crippen LogP contribution in [0.15, 0.2) is 10.6 Å². The summed E-state index contributed by atoms with van der Waals surface area (Å²) in [7, 11) is 0. The number of hydrogen-bond acceptors (Lipinski definition) is 2. The fourth-order valence-electron chi connectivity index (χ4n) is 0.585. The number of hydrogen-bond donors (Lipinski definition) is 0. The molecule has 50 valence electrons. The molecule has 0 unspecified atom stereocenters. The van der Waals surface area contributed by atoms with Gasteiger partial charge in [0.05, 0.1) is 11.6 Å². The SMILES string of the molecule is CCc1cc(CCl)no1. The zero-order valence-corrected chi connectivity index (χ0v) is 5.98. The molecule has 0 spiro atoms. The Bertz CT molecular complexity index is 166. The summed E-state index contributed by atoms with van der Waals surface area (Å²) in [4.78, 5) is 0. The third-order valence-corrected chi connectivity index (χ3v) is 1.37. The molecule has 9 heavy (non-hydrogen) atoms. The van der Waals surface area contributed by atoms with E-state index in [4.69, 9.17) is 16.1 Å². The summed E-state index contributed by atoms with van der Waals surface area (Å²) in [6.45, 7) is 2.01. The average Bonchev–Trinajstić information content (AvgIpc) is 2.34. The van der Waals surface area contributed by atoms with Gasteiger partial charge >= 0.3 is 0 Å². The fourth-order valence-corrected chi connectivity index (χ4v) is 0.711. The molecule has 0 saturated heterocycles. The lowest BCUT2D eigenvalue weighted by atomic mass is 10.3. The maximum atomic E-state index is 5.47. The van der Waals surface area contributed by atoms with Crippen LogP contribution in [0.1, 0.15) is 18.4 Å². The minimum Gasteiger partial charge on any atom is -0.361 e. The van der Waals surface area contributed by atoms with E-state index in [1.165, 1.54) is 0 Å². The van der Waals surface area contributed by atoms with E-state index in [-0.39, 0.29) is 0 Å². The van der Waals surface area contributed by atoms with Crippen molar-refractivity contribution in [3.8, 4) is 0 Å². The Morgan fingerprint density at radius 2 is 2.56 bits per heavy atom. The average molecular weight is 146 g/mol. The van der Waals surface area contributed by atoms with Crippen LogP contribution in [0.3, 0.4) is 0 Å². The Kier molecular flexibility index (Phi) is 2.11. The van der Waals surface area contributed by atoms with Crippen molar-refractivity contribution in [3.63, 3.8) is 0 Å². The zero-order chi connectivity index (χ0) is 6.69. The van der Waals surface area contributed by atoms with Crippen LogP contribution in [0.25, 0.3) is 0 Å². The van der Waals surface area contributed by atoms with E-state index in [9.17, 15) is 0 Å². The van der Waals surface area contributed by atoms with Gasteiger partial charge in [-0.25, -0.2) is 0 Å². The summed E-state index contributed by atoms with van der Waals surface area (Å²) in [5, 5.41) is 3.70. The number of aromatic nitrogens is 1. The molecule has 1 aromatic rings. The Morgan fingerprint density at radius 1 is 1.78 bits per heavy atom. The molecule has 0 aliphatic carbocycles. The molecule has 1 aromatic heterocycles. The van der Waals surface area contributed by atoms with E-state index < -0.39 is 0 Å². The second kappa shape index (κ2) is 2.87. The predicted octanol–water partition coefficient (Wildman–Crippen LogP) is 1.98. The van der Waals surface area contributed by atoms with Gasteiger partial charge in [-0.3, -0.25) is 0 Å². The normalized spacial score (nSPS) is 10.0. The zero-order valence-electron chi connectivity index (χ0n) is 5.22. The highest BCUT2D eigenvalue weighted by atomic mass is 35.5. The molecule has 0 aliphatic rings. The molecule has 0 aromatic carbocycles. The van der Waals surface area contributed by atoms with E-state index in [0.29, 0.717) is 5.88 Å². The van der Waals surface area contributed by atoms with Gasteiger partial charge in [-0.05, 0) is 0 Å². The first-order valence-corrected chi connectivity index (χ1v) is 3.40. The van der Waals surface area contributed by atoms with Crippen molar-refractivity contribution in [2.45, 2.75) is 19.2 Å². The highest BCUT2D eigenvalue weighted by molar-refractivity contribution is 6.16. The largest absolute Gasteiger partial charge is 0.361 e. The highest BCUT2D eigenvalue weighted by Crippen LogP contribution is 2.05. The lowest BCUT2D eigenvalue weighted by Crippen LogP contribution is -1.71. The lowest BCUT2D eigenvalue weighted by Gasteiger charge is -1.77. The minimum atomic E-state index is 0.434. The lowest BCUT2D eigenvalue weighted by molar-refractivity contribution is 0.382. The summed E-state index contributed by atoms with van der Waals surface area (Å²) in [6, 6.07) is 1.87. The summed E-state index contributed by atoms with van der Waals surface area (Å²) < 4.78 is 4.87. The van der Waals surface area contributed by atoms with Gasteiger partial charge in [0.2, 0.25) is 0 Å². The Balaban J connectivity index is 2.74. The van der Waals surface area contributed by atoms with Crippen LogP contribution in [0, 0.1) is 0 Å². The maximum absolute atomic E-state index is 5.47. The molecule has 0 radical (unpaired) electrons. The van der Waals surface area contributed by atoms with Gasteiger partial charge in [0.1, 0.15) is 5.76 Å². The van der Waals surface area contributed by atoms with E-state index in [2.05, 4.69) is 5.16 Å². The highest BCUT2D eigenvalue weighted by Gasteiger charge is 1.98. The quantitative estimate of drug-likeness (QED) is 0.595. The number of aryl methyl sites for hydroxylation is 1. The fraction of sp³-hybridized carbons (Fsp3) is 0.500. The van der Waals surface area contributed by atoms with Crippen molar-refractivity contribution in [1.82, 2.24) is 5.16 Å². The van der Waals surface area contributed by atoms with E-state index in [1.807, 2.05) is 13.0 Å². The molecule has 0 atom stereocenters. The molecular formula is C6H8ClNO. The van der Waals surface area contributed by atoms with Crippen LogP contribution in [0.5, 0.6) is 0 Å². The second-order valence-corrected chi connectivity index (χ2v) is 2.04. The summed E-state index contributed by atoms with van der Waals surface area (Å²) in [5.74, 6) is 1.33. The summed E-state index contributed by atoms with van der Waals surface area (Å²) >= 11 is 5.47. The third-order valence-electron chi connectivity index (χ3n) is 1.09. The van der Waals surface area contributed by atoms with E-state index in [1.54, 1.807) is 0 Å². The number of alkyl halides is 1. The van der Waals surface area contributed by atoms with Crippen molar-refractivity contribution in [2.24, 2.45) is 0 Å². The van der Waals surface area contributed by atoms with Crippen molar-refractivity contribution in [1.29, 1.82) is 0 Å². The molecule has 0 fully saturated rings. The number of nitrogens with zero attached hydrogens (tertiary/aromatic N) is 1. The predicted molar refractivity (Wildman–Crippen MR) is 35.4 cm³/mol. The first kappa shape index (κ1) is 6.62. The van der Waals surface area contributed by atoms with Gasteiger partial charge in [-0.15, -0.1) is 11.6 Å². The monoisotopic (exact) mass is 145 g/mol. The minimum absolute atomic E-state index is 0.434. The van der Waals surface area contributed by atoms with Gasteiger partial charge in [0.15, 0.2) is 0 Å². The molecular weight excluding hydrogens is 138 g/mol. The van der Waals surface area contributed by atoms with Gasteiger partial charge in [0.25, 0.3) is 0 Å². The summed E-state index contributed by atoms with van der Waals surface area (Å²) in [6.07, 6.45) is 0.879. The van der Waals surface area contributed by atoms with Crippen LogP contribution in [0.4, 0.5) is 0 Å². The van der Waals surface area contributed by atoms with Crippen molar-refractivity contribution in [3.05, 3.63) is 17.5 Å². The van der Waals surface area contributed by atoms with E-state index in [0.717, 1.165) is 17.9 Å². The van der Waals surface area contributed by atoms with Crippen LogP contribution in [0.2, 0.25) is 0 Å². The second-order valence-electron chi connectivity index (χ2n) is 1.77. The van der Waals surface area contributed by atoms with E-state index >= 15 is 0 Å². The van der Waals surface area contributed by atoms with Crippen LogP contribution < -0.4 is 0 Å². The third kappa shape index (κ3) is 1.45. The molecule has 1 rings (SSSR count). The topological polar surface area (TPSA) is 26.0 Å². The van der Waals surface area contributed by atoms with Gasteiger partial charge < -0.3 is 4.52 Å². The molecule has 0 amide bonds. The molecule has 0 N–H and O–H groups in total. The molecule has 0 bridgehead atoms. The van der Waals surface area contributed by atoms with Gasteiger partial charge in [0, 0.05) is 12.5 Å². The van der Waals surface area contributed by atoms with Crippen molar-refractivity contribution >= 4 is 11.6 Å². The molecule has 0 saturated carbocycles. The Labute approximate surface area is 58.8 Å². The standard InChI is InChI=1S/C6H8ClNO/c1-2-6-3-5(4-7)8-9-6/h3H,2,4H2,1H3. The first-order chi connectivity index (χ1) is 4.36. The van der Waals surface area contributed by atoms with Crippen LogP contribution >= 0.6 is 11.6 Å². The smallest absolute Gasteiger partial charge is 0.136 e.